The molecule has 4 rings (SSSR count). The van der Waals surface area contributed by atoms with Crippen LogP contribution in [0, 0.1) is 10.1 Å². The Labute approximate surface area is 194 Å². The number of ketones is 1. The van der Waals surface area contributed by atoms with Crippen molar-refractivity contribution >= 4 is 29.2 Å². The molecule has 0 aliphatic carbocycles. The zero-order chi connectivity index (χ0) is 24.4. The highest BCUT2D eigenvalue weighted by Crippen LogP contribution is 2.29. The molecule has 0 aromatic heterocycles. The van der Waals surface area contributed by atoms with Crippen LogP contribution >= 0.6 is 0 Å². The van der Waals surface area contributed by atoms with E-state index in [4.69, 9.17) is 0 Å². The molecule has 9 heteroatoms. The number of nitrogens with zero attached hydrogens (tertiary/aromatic N) is 3. The topological polar surface area (TPSA) is 118 Å². The summed E-state index contributed by atoms with van der Waals surface area (Å²) in [4.78, 5) is 63.9. The van der Waals surface area contributed by atoms with Gasteiger partial charge in [-0.2, -0.15) is 5.01 Å². The van der Waals surface area contributed by atoms with Gasteiger partial charge in [-0.05, 0) is 30.7 Å². The molecule has 0 unspecified atom stereocenters. The smallest absolute Gasteiger partial charge is 0.280 e. The Morgan fingerprint density at radius 1 is 0.853 bits per heavy atom. The van der Waals surface area contributed by atoms with Crippen LogP contribution in [0.2, 0.25) is 0 Å². The Kier molecular flexibility index (Phi) is 6.01. The third kappa shape index (κ3) is 3.83. The van der Waals surface area contributed by atoms with Crippen molar-refractivity contribution in [2.24, 2.45) is 0 Å². The van der Waals surface area contributed by atoms with Crippen molar-refractivity contribution in [1.29, 1.82) is 0 Å². The molecule has 3 amide bonds. The van der Waals surface area contributed by atoms with Gasteiger partial charge in [-0.3, -0.25) is 29.3 Å². The van der Waals surface area contributed by atoms with Crippen LogP contribution in [-0.4, -0.2) is 44.5 Å². The second kappa shape index (κ2) is 9.07. The maximum Gasteiger partial charge on any atom is 0.280 e. The Morgan fingerprint density at radius 2 is 1.38 bits per heavy atom. The summed E-state index contributed by atoms with van der Waals surface area (Å²) in [5, 5.41) is 12.6. The van der Waals surface area contributed by atoms with Gasteiger partial charge in [-0.1, -0.05) is 49.4 Å². The largest absolute Gasteiger partial charge is 0.292 e. The first-order chi connectivity index (χ1) is 16.3. The van der Waals surface area contributed by atoms with Crippen LogP contribution in [0.3, 0.4) is 0 Å². The fraction of sp³-hybridized carbons (Fsp3) is 0.120. The number of rotatable bonds is 7. The van der Waals surface area contributed by atoms with E-state index in [0.717, 1.165) is 17.1 Å². The van der Waals surface area contributed by atoms with Crippen molar-refractivity contribution in [3.63, 3.8) is 0 Å². The maximum absolute atomic E-state index is 13.6. The fourth-order valence-electron chi connectivity index (χ4n) is 3.87. The van der Waals surface area contributed by atoms with Gasteiger partial charge in [0.1, 0.15) is 6.04 Å². The number of carbonyl (C=O) groups is 4. The fourth-order valence-corrected chi connectivity index (χ4v) is 3.87. The van der Waals surface area contributed by atoms with Crippen molar-refractivity contribution in [2.45, 2.75) is 19.4 Å². The summed E-state index contributed by atoms with van der Waals surface area (Å²) in [6, 6.07) is 18.0. The average Bonchev–Trinajstić information content (AvgIpc) is 3.12. The van der Waals surface area contributed by atoms with Gasteiger partial charge in [0, 0.05) is 23.3 Å². The van der Waals surface area contributed by atoms with Crippen LogP contribution in [-0.2, 0) is 0 Å². The van der Waals surface area contributed by atoms with E-state index in [9.17, 15) is 29.3 Å². The van der Waals surface area contributed by atoms with E-state index < -0.39 is 34.5 Å². The van der Waals surface area contributed by atoms with Gasteiger partial charge in [0.05, 0.1) is 16.1 Å². The van der Waals surface area contributed by atoms with E-state index in [1.807, 2.05) is 0 Å². The number of amides is 3. The second-order valence-corrected chi connectivity index (χ2v) is 7.58. The lowest BCUT2D eigenvalue weighted by Gasteiger charge is -2.35. The normalized spacial score (nSPS) is 13.4. The van der Waals surface area contributed by atoms with Gasteiger partial charge in [-0.25, -0.2) is 5.01 Å². The number of benzene rings is 3. The molecule has 0 fully saturated rings. The molecular weight excluding hydrogens is 438 g/mol. The highest BCUT2D eigenvalue weighted by Gasteiger charge is 2.45. The predicted octanol–water partition coefficient (Wildman–Crippen LogP) is 3.91. The molecule has 170 valence electrons. The molecule has 0 N–H and O–H groups in total. The van der Waals surface area contributed by atoms with E-state index in [0.29, 0.717) is 10.6 Å². The maximum atomic E-state index is 13.6. The van der Waals surface area contributed by atoms with Gasteiger partial charge in [0.25, 0.3) is 23.4 Å². The Bertz CT molecular complexity index is 1270. The SMILES string of the molecule is CC[C@H](C(=O)c1ccccc1)N(C(=O)c1ccc([N+](=O)[O-])cc1)N1C(=O)c2ccccc2C1=O. The zero-order valence-corrected chi connectivity index (χ0v) is 18.1. The molecule has 1 aliphatic heterocycles. The van der Waals surface area contributed by atoms with Crippen LogP contribution in [0.4, 0.5) is 5.69 Å². The summed E-state index contributed by atoms with van der Waals surface area (Å²) >= 11 is 0. The highest BCUT2D eigenvalue weighted by atomic mass is 16.6. The minimum Gasteiger partial charge on any atom is -0.292 e. The molecule has 0 saturated heterocycles. The summed E-state index contributed by atoms with van der Waals surface area (Å²) in [5.74, 6) is -2.71. The minimum absolute atomic E-state index is 0.0125. The van der Waals surface area contributed by atoms with Crippen LogP contribution < -0.4 is 0 Å². The number of hydrogen-bond donors (Lipinski definition) is 0. The molecule has 0 radical (unpaired) electrons. The van der Waals surface area contributed by atoms with Gasteiger partial charge in [-0.15, -0.1) is 0 Å². The van der Waals surface area contributed by atoms with Gasteiger partial charge in [0.15, 0.2) is 5.78 Å². The highest BCUT2D eigenvalue weighted by molar-refractivity contribution is 6.22. The molecule has 3 aromatic carbocycles. The predicted molar refractivity (Wildman–Crippen MR) is 121 cm³/mol. The first-order valence-corrected chi connectivity index (χ1v) is 10.5. The van der Waals surface area contributed by atoms with E-state index in [1.165, 1.54) is 24.3 Å². The van der Waals surface area contributed by atoms with Crippen molar-refractivity contribution in [1.82, 2.24) is 10.0 Å². The average molecular weight is 457 g/mol. The number of fused-ring (bicyclic) bond motifs is 1. The molecule has 9 nitrogen and oxygen atoms in total. The van der Waals surface area contributed by atoms with E-state index in [1.54, 1.807) is 49.4 Å². The number of hydrogen-bond acceptors (Lipinski definition) is 6. The number of nitro groups is 1. The number of Topliss-reactive ketones (excluding diaryl/α,β-unsaturated/α-hetero) is 1. The van der Waals surface area contributed by atoms with Gasteiger partial charge >= 0.3 is 0 Å². The molecule has 0 bridgehead atoms. The molecule has 1 atom stereocenters. The summed E-state index contributed by atoms with van der Waals surface area (Å²) in [6.45, 7) is 1.67. The van der Waals surface area contributed by atoms with Crippen molar-refractivity contribution in [3.8, 4) is 0 Å². The zero-order valence-electron chi connectivity index (χ0n) is 18.1. The lowest BCUT2D eigenvalue weighted by molar-refractivity contribution is -0.384. The first-order valence-electron chi connectivity index (χ1n) is 10.5. The molecule has 1 aliphatic rings. The second-order valence-electron chi connectivity index (χ2n) is 7.58. The van der Waals surface area contributed by atoms with Crippen LogP contribution in [0.5, 0.6) is 0 Å². The minimum atomic E-state index is -1.17. The van der Waals surface area contributed by atoms with E-state index >= 15 is 0 Å². The lowest BCUT2D eigenvalue weighted by Crippen LogP contribution is -2.57. The van der Waals surface area contributed by atoms with Crippen LogP contribution in [0.25, 0.3) is 0 Å². The third-order valence-corrected chi connectivity index (χ3v) is 5.56. The third-order valence-electron chi connectivity index (χ3n) is 5.56. The molecule has 3 aromatic rings. The number of imide groups is 1. The van der Waals surface area contributed by atoms with Crippen LogP contribution in [0.15, 0.2) is 78.9 Å². The number of carbonyl (C=O) groups excluding carboxylic acids is 4. The summed E-state index contributed by atoms with van der Waals surface area (Å²) in [7, 11) is 0. The van der Waals surface area contributed by atoms with Gasteiger partial charge in [0.2, 0.25) is 0 Å². The molecule has 34 heavy (non-hydrogen) atoms. The summed E-state index contributed by atoms with van der Waals surface area (Å²) < 4.78 is 0. The quantitative estimate of drug-likeness (QED) is 0.230. The van der Waals surface area contributed by atoms with Crippen LogP contribution in [0.1, 0.15) is 54.8 Å². The standard InChI is InChI=1S/C25H19N3O6/c1-2-21(22(29)16-8-4-3-5-9-16)26(23(30)17-12-14-18(15-13-17)28(33)34)27-24(31)19-10-6-7-11-20(19)25(27)32/h3-15,21H,2H2,1H3/t21-/m1/s1. The molecule has 0 saturated carbocycles. The number of nitro benzene ring substituents is 1. The Balaban J connectivity index is 1.81. The Hall–Kier alpha value is -4.66. The first kappa shape index (κ1) is 22.5. The van der Waals surface area contributed by atoms with Crippen molar-refractivity contribution < 1.29 is 24.1 Å². The molecule has 1 heterocycles. The number of hydrazine groups is 1. The van der Waals surface area contributed by atoms with E-state index in [-0.39, 0.29) is 28.8 Å². The van der Waals surface area contributed by atoms with Crippen molar-refractivity contribution in [2.75, 3.05) is 0 Å². The summed E-state index contributed by atoms with van der Waals surface area (Å²) in [6.07, 6.45) is 0.111. The molecular formula is C25H19N3O6. The Morgan fingerprint density at radius 3 is 1.88 bits per heavy atom. The summed E-state index contributed by atoms with van der Waals surface area (Å²) in [5.41, 5.74) is 0.317. The number of non-ortho nitro benzene ring substituents is 1. The lowest BCUT2D eigenvalue weighted by atomic mass is 10.0. The van der Waals surface area contributed by atoms with Crippen molar-refractivity contribution in [3.05, 3.63) is 111 Å². The molecule has 0 spiro atoms. The van der Waals surface area contributed by atoms with E-state index in [2.05, 4.69) is 0 Å². The van der Waals surface area contributed by atoms with Gasteiger partial charge < -0.3 is 0 Å². The monoisotopic (exact) mass is 457 g/mol.